The molecule has 0 unspecified atom stereocenters. The molecule has 1 aliphatic rings. The van der Waals surface area contributed by atoms with E-state index < -0.39 is 0 Å². The van der Waals surface area contributed by atoms with Gasteiger partial charge in [-0.1, -0.05) is 12.1 Å². The molecule has 1 amide bonds. The zero-order chi connectivity index (χ0) is 10.8. The predicted molar refractivity (Wildman–Crippen MR) is 56.6 cm³/mol. The monoisotopic (exact) mass is 203 g/mol. The molecule has 0 atom stereocenters. The summed E-state index contributed by atoms with van der Waals surface area (Å²) in [5.74, 6) is 0.0946. The number of benzene rings is 1. The minimum Gasteiger partial charge on any atom is -0.338 e. The molecule has 0 radical (unpaired) electrons. The molecule has 1 aromatic rings. The second kappa shape index (κ2) is 3.85. The standard InChI is InChI=1S/C12H13NO2/c1-9(15)13-5-4-11-3-2-10(8-14)6-12(11)7-13/h2-3,6,8H,4-5,7H2,1H3. The Bertz CT molecular complexity index is 412. The molecule has 0 saturated carbocycles. The summed E-state index contributed by atoms with van der Waals surface area (Å²) in [4.78, 5) is 23.6. The fourth-order valence-corrected chi connectivity index (χ4v) is 1.92. The lowest BCUT2D eigenvalue weighted by Gasteiger charge is -2.28. The van der Waals surface area contributed by atoms with Crippen LogP contribution < -0.4 is 0 Å². The number of carbonyl (C=O) groups excluding carboxylic acids is 2. The van der Waals surface area contributed by atoms with Crippen LogP contribution in [0.5, 0.6) is 0 Å². The van der Waals surface area contributed by atoms with Gasteiger partial charge in [0.25, 0.3) is 0 Å². The number of fused-ring (bicyclic) bond motifs is 1. The van der Waals surface area contributed by atoms with E-state index in [1.807, 2.05) is 18.2 Å². The van der Waals surface area contributed by atoms with Crippen LogP contribution in [0.15, 0.2) is 18.2 Å². The van der Waals surface area contributed by atoms with Gasteiger partial charge in [-0.25, -0.2) is 0 Å². The Balaban J connectivity index is 2.30. The summed E-state index contributed by atoms with van der Waals surface area (Å²) >= 11 is 0. The van der Waals surface area contributed by atoms with Crippen molar-refractivity contribution in [2.45, 2.75) is 19.9 Å². The lowest BCUT2D eigenvalue weighted by molar-refractivity contribution is -0.129. The molecule has 2 rings (SSSR count). The van der Waals surface area contributed by atoms with Gasteiger partial charge < -0.3 is 4.90 Å². The van der Waals surface area contributed by atoms with Crippen LogP contribution in [0.2, 0.25) is 0 Å². The topological polar surface area (TPSA) is 37.4 Å². The Kier molecular flexibility index (Phi) is 2.54. The van der Waals surface area contributed by atoms with E-state index in [-0.39, 0.29) is 5.91 Å². The summed E-state index contributed by atoms with van der Waals surface area (Å²) < 4.78 is 0. The van der Waals surface area contributed by atoms with Crippen molar-refractivity contribution in [3.8, 4) is 0 Å². The quantitative estimate of drug-likeness (QED) is 0.647. The third-order valence-electron chi connectivity index (χ3n) is 2.82. The first-order valence-corrected chi connectivity index (χ1v) is 5.03. The molecule has 0 aliphatic carbocycles. The Morgan fingerprint density at radius 1 is 1.40 bits per heavy atom. The second-order valence-electron chi connectivity index (χ2n) is 3.84. The molecule has 78 valence electrons. The number of hydrogen-bond acceptors (Lipinski definition) is 2. The summed E-state index contributed by atoms with van der Waals surface area (Å²) in [6.07, 6.45) is 1.72. The summed E-state index contributed by atoms with van der Waals surface area (Å²) in [7, 11) is 0. The molecule has 0 aromatic heterocycles. The fourth-order valence-electron chi connectivity index (χ4n) is 1.92. The smallest absolute Gasteiger partial charge is 0.219 e. The summed E-state index contributed by atoms with van der Waals surface area (Å²) in [6.45, 7) is 2.99. The van der Waals surface area contributed by atoms with Gasteiger partial charge in [0.15, 0.2) is 0 Å². The number of aldehydes is 1. The fraction of sp³-hybridized carbons (Fsp3) is 0.333. The van der Waals surface area contributed by atoms with Gasteiger partial charge in [-0.15, -0.1) is 0 Å². The maximum atomic E-state index is 11.2. The van der Waals surface area contributed by atoms with Crippen LogP contribution in [0, 0.1) is 0 Å². The van der Waals surface area contributed by atoms with Gasteiger partial charge in [-0.3, -0.25) is 9.59 Å². The predicted octanol–water partition coefficient (Wildman–Crippen LogP) is 1.40. The van der Waals surface area contributed by atoms with E-state index in [1.165, 1.54) is 5.56 Å². The van der Waals surface area contributed by atoms with Gasteiger partial charge in [0.05, 0.1) is 0 Å². The average molecular weight is 203 g/mol. The van der Waals surface area contributed by atoms with Crippen LogP contribution >= 0.6 is 0 Å². The Hall–Kier alpha value is -1.64. The average Bonchev–Trinajstić information content (AvgIpc) is 2.27. The molecular formula is C12H13NO2. The zero-order valence-corrected chi connectivity index (χ0v) is 8.69. The summed E-state index contributed by atoms with van der Waals surface area (Å²) in [6, 6.07) is 5.68. The zero-order valence-electron chi connectivity index (χ0n) is 8.69. The normalized spacial score (nSPS) is 14.6. The third-order valence-corrected chi connectivity index (χ3v) is 2.82. The largest absolute Gasteiger partial charge is 0.338 e. The molecule has 1 aromatic carbocycles. The lowest BCUT2D eigenvalue weighted by Crippen LogP contribution is -2.34. The van der Waals surface area contributed by atoms with Crippen LogP contribution in [-0.4, -0.2) is 23.6 Å². The highest BCUT2D eigenvalue weighted by Crippen LogP contribution is 2.19. The highest BCUT2D eigenvalue weighted by atomic mass is 16.2. The maximum absolute atomic E-state index is 11.2. The van der Waals surface area contributed by atoms with Gasteiger partial charge in [0.1, 0.15) is 6.29 Å². The number of amides is 1. The van der Waals surface area contributed by atoms with Gasteiger partial charge >= 0.3 is 0 Å². The van der Waals surface area contributed by atoms with E-state index >= 15 is 0 Å². The number of nitrogens with zero attached hydrogens (tertiary/aromatic N) is 1. The molecule has 1 heterocycles. The molecule has 0 bridgehead atoms. The van der Waals surface area contributed by atoms with Crippen molar-refractivity contribution in [3.63, 3.8) is 0 Å². The highest BCUT2D eigenvalue weighted by molar-refractivity contribution is 5.76. The van der Waals surface area contributed by atoms with E-state index in [1.54, 1.807) is 11.8 Å². The first-order chi connectivity index (χ1) is 7.20. The lowest BCUT2D eigenvalue weighted by atomic mass is 9.98. The minimum atomic E-state index is 0.0946. The SMILES string of the molecule is CC(=O)N1CCc2ccc(C=O)cc2C1. The summed E-state index contributed by atoms with van der Waals surface area (Å²) in [5.41, 5.74) is 3.03. The van der Waals surface area contributed by atoms with E-state index in [0.29, 0.717) is 12.1 Å². The maximum Gasteiger partial charge on any atom is 0.219 e. The summed E-state index contributed by atoms with van der Waals surface area (Å²) in [5, 5.41) is 0. The third kappa shape index (κ3) is 1.91. The second-order valence-corrected chi connectivity index (χ2v) is 3.84. The van der Waals surface area contributed by atoms with Gasteiger partial charge in [-0.05, 0) is 23.6 Å². The van der Waals surface area contributed by atoms with Crippen molar-refractivity contribution in [3.05, 3.63) is 34.9 Å². The van der Waals surface area contributed by atoms with Crippen LogP contribution in [0.25, 0.3) is 0 Å². The Labute approximate surface area is 88.7 Å². The van der Waals surface area contributed by atoms with E-state index in [2.05, 4.69) is 0 Å². The van der Waals surface area contributed by atoms with E-state index in [9.17, 15) is 9.59 Å². The van der Waals surface area contributed by atoms with Crippen LogP contribution in [0.3, 0.4) is 0 Å². The van der Waals surface area contributed by atoms with Crippen molar-refractivity contribution in [1.82, 2.24) is 4.90 Å². The van der Waals surface area contributed by atoms with Gasteiger partial charge in [0, 0.05) is 25.6 Å². The van der Waals surface area contributed by atoms with Crippen molar-refractivity contribution < 1.29 is 9.59 Å². The van der Waals surface area contributed by atoms with Crippen LogP contribution in [0.4, 0.5) is 0 Å². The first kappa shape index (κ1) is 9.90. The van der Waals surface area contributed by atoms with E-state index in [0.717, 1.165) is 24.8 Å². The van der Waals surface area contributed by atoms with Crippen LogP contribution in [0.1, 0.15) is 28.4 Å². The molecule has 0 fully saturated rings. The number of hydrogen-bond donors (Lipinski definition) is 0. The van der Waals surface area contributed by atoms with Gasteiger partial charge in [-0.2, -0.15) is 0 Å². The molecule has 0 N–H and O–H groups in total. The molecule has 15 heavy (non-hydrogen) atoms. The number of carbonyl (C=O) groups is 2. The molecule has 3 heteroatoms. The molecule has 3 nitrogen and oxygen atoms in total. The molecule has 0 saturated heterocycles. The minimum absolute atomic E-state index is 0.0946. The molecule has 0 spiro atoms. The van der Waals surface area contributed by atoms with E-state index in [4.69, 9.17) is 0 Å². The van der Waals surface area contributed by atoms with Crippen molar-refractivity contribution >= 4 is 12.2 Å². The van der Waals surface area contributed by atoms with Crippen molar-refractivity contribution in [2.75, 3.05) is 6.54 Å². The highest BCUT2D eigenvalue weighted by Gasteiger charge is 2.17. The Morgan fingerprint density at radius 3 is 2.87 bits per heavy atom. The number of rotatable bonds is 1. The Morgan fingerprint density at radius 2 is 2.20 bits per heavy atom. The molecule has 1 aliphatic heterocycles. The van der Waals surface area contributed by atoms with Gasteiger partial charge in [0.2, 0.25) is 5.91 Å². The molecular weight excluding hydrogens is 190 g/mol. The van der Waals surface area contributed by atoms with Crippen molar-refractivity contribution in [2.24, 2.45) is 0 Å². The first-order valence-electron chi connectivity index (χ1n) is 5.03. The van der Waals surface area contributed by atoms with Crippen molar-refractivity contribution in [1.29, 1.82) is 0 Å². The van der Waals surface area contributed by atoms with Crippen LogP contribution in [-0.2, 0) is 17.8 Å².